The van der Waals surface area contributed by atoms with E-state index in [9.17, 15) is 14.4 Å². The van der Waals surface area contributed by atoms with Gasteiger partial charge in [0.25, 0.3) is 5.91 Å². The number of amides is 4. The summed E-state index contributed by atoms with van der Waals surface area (Å²) in [6.07, 6.45) is 1.56. The molecule has 1 aliphatic heterocycles. The molecular weight excluding hydrogens is 344 g/mol. The van der Waals surface area contributed by atoms with Crippen LogP contribution in [0, 0.1) is 12.8 Å². The predicted molar refractivity (Wildman–Crippen MR) is 106 cm³/mol. The second-order valence-electron chi connectivity index (χ2n) is 6.79. The van der Waals surface area contributed by atoms with E-state index in [2.05, 4.69) is 10.6 Å². The van der Waals surface area contributed by atoms with Gasteiger partial charge in [-0.1, -0.05) is 6.07 Å². The predicted octanol–water partition coefficient (Wildman–Crippen LogP) is 2.47. The third kappa shape index (κ3) is 4.78. The zero-order valence-corrected chi connectivity index (χ0v) is 16.7. The Morgan fingerprint density at radius 3 is 2.56 bits per heavy atom. The summed E-state index contributed by atoms with van der Waals surface area (Å²) in [6.45, 7) is 8.16. The molecule has 0 aromatic heterocycles. The van der Waals surface area contributed by atoms with Gasteiger partial charge < -0.3 is 20.4 Å². The average molecular weight is 374 g/mol. The van der Waals surface area contributed by atoms with Crippen molar-refractivity contribution in [2.75, 3.05) is 38.5 Å². The molecule has 4 amide bonds. The maximum atomic E-state index is 12.8. The van der Waals surface area contributed by atoms with Crippen LogP contribution in [0.15, 0.2) is 18.2 Å². The smallest absolute Gasteiger partial charge is 0.320 e. The number of piperidine rings is 1. The first-order valence-corrected chi connectivity index (χ1v) is 9.59. The maximum absolute atomic E-state index is 12.8. The second kappa shape index (κ2) is 9.39. The van der Waals surface area contributed by atoms with E-state index in [1.807, 2.05) is 20.8 Å². The van der Waals surface area contributed by atoms with Crippen LogP contribution in [0.5, 0.6) is 0 Å². The fourth-order valence-electron chi connectivity index (χ4n) is 3.45. The van der Waals surface area contributed by atoms with Crippen molar-refractivity contribution in [2.45, 2.75) is 33.6 Å². The van der Waals surface area contributed by atoms with E-state index in [4.69, 9.17) is 0 Å². The molecule has 0 bridgehead atoms. The molecule has 0 unspecified atom stereocenters. The summed E-state index contributed by atoms with van der Waals surface area (Å²) in [7, 11) is 1.58. The van der Waals surface area contributed by atoms with Crippen molar-refractivity contribution < 1.29 is 14.4 Å². The fourth-order valence-corrected chi connectivity index (χ4v) is 3.45. The van der Waals surface area contributed by atoms with Gasteiger partial charge in [0.2, 0.25) is 5.91 Å². The van der Waals surface area contributed by atoms with Crippen molar-refractivity contribution in [2.24, 2.45) is 5.92 Å². The van der Waals surface area contributed by atoms with Gasteiger partial charge in [-0.15, -0.1) is 0 Å². The number of nitrogens with one attached hydrogen (secondary N) is 2. The second-order valence-corrected chi connectivity index (χ2v) is 6.79. The minimum absolute atomic E-state index is 0.00436. The Morgan fingerprint density at radius 2 is 1.93 bits per heavy atom. The molecule has 0 radical (unpaired) electrons. The minimum atomic E-state index is -0.249. The molecule has 27 heavy (non-hydrogen) atoms. The largest absolute Gasteiger partial charge is 0.355 e. The van der Waals surface area contributed by atoms with Gasteiger partial charge in [0.1, 0.15) is 0 Å². The Bertz CT molecular complexity index is 700. The quantitative estimate of drug-likeness (QED) is 0.831. The highest BCUT2D eigenvalue weighted by molar-refractivity contribution is 5.99. The zero-order chi connectivity index (χ0) is 20.0. The van der Waals surface area contributed by atoms with Crippen molar-refractivity contribution >= 4 is 23.5 Å². The van der Waals surface area contributed by atoms with Crippen molar-refractivity contribution in [1.82, 2.24) is 15.1 Å². The van der Waals surface area contributed by atoms with Crippen LogP contribution in [-0.4, -0.2) is 60.9 Å². The van der Waals surface area contributed by atoms with Crippen molar-refractivity contribution in [3.8, 4) is 0 Å². The van der Waals surface area contributed by atoms with Crippen molar-refractivity contribution in [1.29, 1.82) is 0 Å². The van der Waals surface area contributed by atoms with E-state index in [0.717, 1.165) is 18.4 Å². The van der Waals surface area contributed by atoms with Crippen LogP contribution in [0.2, 0.25) is 0 Å². The van der Waals surface area contributed by atoms with Gasteiger partial charge in [0.15, 0.2) is 0 Å². The molecule has 0 aliphatic carbocycles. The SMILES string of the molecule is CCN(CC)C(=O)N1CCC[C@@H](C(=O)Nc2cccc(C(=O)NC)c2C)C1. The molecule has 1 heterocycles. The van der Waals surface area contributed by atoms with Crippen LogP contribution >= 0.6 is 0 Å². The summed E-state index contributed by atoms with van der Waals surface area (Å²) in [6, 6.07) is 5.27. The first-order valence-electron chi connectivity index (χ1n) is 9.59. The number of anilines is 1. The Balaban J connectivity index is 2.08. The number of likely N-dealkylation sites (tertiary alicyclic amines) is 1. The summed E-state index contributed by atoms with van der Waals surface area (Å²) >= 11 is 0. The van der Waals surface area contributed by atoms with E-state index < -0.39 is 0 Å². The summed E-state index contributed by atoms with van der Waals surface area (Å²) in [5, 5.41) is 5.55. The monoisotopic (exact) mass is 374 g/mol. The molecule has 1 atom stereocenters. The van der Waals surface area contributed by atoms with Gasteiger partial charge >= 0.3 is 6.03 Å². The van der Waals surface area contributed by atoms with Gasteiger partial charge in [0.05, 0.1) is 5.92 Å². The fraction of sp³-hybridized carbons (Fsp3) is 0.550. The highest BCUT2D eigenvalue weighted by atomic mass is 16.2. The van der Waals surface area contributed by atoms with Crippen molar-refractivity contribution in [3.63, 3.8) is 0 Å². The molecule has 1 aliphatic rings. The van der Waals surface area contributed by atoms with Crippen molar-refractivity contribution in [3.05, 3.63) is 29.3 Å². The lowest BCUT2D eigenvalue weighted by Crippen LogP contribution is -2.49. The lowest BCUT2D eigenvalue weighted by atomic mass is 9.96. The standard InChI is InChI=1S/C20H30N4O3/c1-5-23(6-2)20(27)24-12-8-9-15(13-24)18(25)22-17-11-7-10-16(14(17)3)19(26)21-4/h7,10-11,15H,5-6,8-9,12-13H2,1-4H3,(H,21,26)(H,22,25)/t15-/m1/s1. The lowest BCUT2D eigenvalue weighted by molar-refractivity contribution is -0.121. The number of hydrogen-bond donors (Lipinski definition) is 2. The Labute approximate surface area is 161 Å². The number of urea groups is 1. The summed E-state index contributed by atoms with van der Waals surface area (Å²) in [5.41, 5.74) is 1.91. The molecule has 2 N–H and O–H groups in total. The number of hydrogen-bond acceptors (Lipinski definition) is 3. The molecule has 7 heteroatoms. The van der Waals surface area contributed by atoms with Gasteiger partial charge in [-0.2, -0.15) is 0 Å². The molecule has 1 saturated heterocycles. The number of carbonyl (C=O) groups excluding carboxylic acids is 3. The van der Waals surface area contributed by atoms with Crippen LogP contribution in [0.4, 0.5) is 10.5 Å². The molecule has 2 rings (SSSR count). The summed E-state index contributed by atoms with van der Waals surface area (Å²) in [4.78, 5) is 40.8. The number of nitrogens with zero attached hydrogens (tertiary/aromatic N) is 2. The highest BCUT2D eigenvalue weighted by Gasteiger charge is 2.30. The molecule has 1 aromatic rings. The van der Waals surface area contributed by atoms with Gasteiger partial charge in [-0.05, 0) is 51.3 Å². The molecule has 1 fully saturated rings. The lowest BCUT2D eigenvalue weighted by Gasteiger charge is -2.35. The molecule has 7 nitrogen and oxygen atoms in total. The van der Waals surface area contributed by atoms with Crippen LogP contribution < -0.4 is 10.6 Å². The molecular formula is C20H30N4O3. The minimum Gasteiger partial charge on any atom is -0.355 e. The van der Waals surface area contributed by atoms with E-state index in [1.165, 1.54) is 0 Å². The third-order valence-electron chi connectivity index (χ3n) is 5.16. The summed E-state index contributed by atoms with van der Waals surface area (Å²) in [5.74, 6) is -0.539. The van der Waals surface area contributed by atoms with Crippen LogP contribution in [0.3, 0.4) is 0 Å². The zero-order valence-electron chi connectivity index (χ0n) is 16.7. The van der Waals surface area contributed by atoms with E-state index >= 15 is 0 Å². The third-order valence-corrected chi connectivity index (χ3v) is 5.16. The van der Waals surface area contributed by atoms with Gasteiger partial charge in [0, 0.05) is 44.5 Å². The van der Waals surface area contributed by atoms with Crippen LogP contribution in [0.1, 0.15) is 42.6 Å². The normalized spacial score (nSPS) is 16.6. The summed E-state index contributed by atoms with van der Waals surface area (Å²) < 4.78 is 0. The Hall–Kier alpha value is -2.57. The first-order chi connectivity index (χ1) is 12.9. The van der Waals surface area contributed by atoms with E-state index in [1.54, 1.807) is 35.0 Å². The number of benzene rings is 1. The molecule has 1 aromatic carbocycles. The topological polar surface area (TPSA) is 81.8 Å². The molecule has 148 valence electrons. The number of carbonyl (C=O) groups is 3. The van der Waals surface area contributed by atoms with E-state index in [0.29, 0.717) is 37.4 Å². The van der Waals surface area contributed by atoms with E-state index in [-0.39, 0.29) is 23.8 Å². The van der Waals surface area contributed by atoms with Crippen LogP contribution in [-0.2, 0) is 4.79 Å². The molecule has 0 spiro atoms. The van der Waals surface area contributed by atoms with Crippen LogP contribution in [0.25, 0.3) is 0 Å². The molecule has 0 saturated carbocycles. The average Bonchev–Trinajstić information content (AvgIpc) is 2.69. The Kier molecular flexibility index (Phi) is 7.21. The Morgan fingerprint density at radius 1 is 1.22 bits per heavy atom. The highest BCUT2D eigenvalue weighted by Crippen LogP contribution is 2.23. The van der Waals surface area contributed by atoms with Gasteiger partial charge in [-0.25, -0.2) is 4.79 Å². The maximum Gasteiger partial charge on any atom is 0.320 e. The number of rotatable bonds is 5. The first kappa shape index (κ1) is 20.7. The van der Waals surface area contributed by atoms with Gasteiger partial charge in [-0.3, -0.25) is 9.59 Å².